The van der Waals surface area contributed by atoms with E-state index in [1.807, 2.05) is 19.1 Å². The molecule has 1 atom stereocenters. The first-order valence-corrected chi connectivity index (χ1v) is 6.58. The van der Waals surface area contributed by atoms with E-state index in [1.54, 1.807) is 0 Å². The molecular formula is C14H22ClNO. The summed E-state index contributed by atoms with van der Waals surface area (Å²) in [4.78, 5) is 0. The van der Waals surface area contributed by atoms with E-state index in [2.05, 4.69) is 18.3 Å². The second-order valence-corrected chi connectivity index (χ2v) is 5.10. The molecule has 2 N–H and O–H groups in total. The van der Waals surface area contributed by atoms with Gasteiger partial charge in [-0.3, -0.25) is 0 Å². The molecular weight excluding hydrogens is 234 g/mol. The van der Waals surface area contributed by atoms with Gasteiger partial charge in [0.2, 0.25) is 0 Å². The zero-order valence-corrected chi connectivity index (χ0v) is 11.4. The normalized spacial score (nSPS) is 12.7. The molecule has 0 aliphatic heterocycles. The van der Waals surface area contributed by atoms with Crippen molar-refractivity contribution >= 4 is 11.6 Å². The Morgan fingerprint density at radius 3 is 2.82 bits per heavy atom. The van der Waals surface area contributed by atoms with Crippen molar-refractivity contribution in [3.05, 3.63) is 34.3 Å². The minimum Gasteiger partial charge on any atom is -0.396 e. The average Bonchev–Trinajstić information content (AvgIpc) is 2.33. The van der Waals surface area contributed by atoms with E-state index >= 15 is 0 Å². The lowest BCUT2D eigenvalue weighted by molar-refractivity contribution is 0.228. The van der Waals surface area contributed by atoms with Gasteiger partial charge in [0.15, 0.2) is 0 Å². The Morgan fingerprint density at radius 2 is 2.18 bits per heavy atom. The maximum Gasteiger partial charge on any atom is 0.0456 e. The molecule has 1 rings (SSSR count). The third-order valence-electron chi connectivity index (χ3n) is 2.93. The van der Waals surface area contributed by atoms with Gasteiger partial charge in [0, 0.05) is 18.2 Å². The molecule has 17 heavy (non-hydrogen) atoms. The van der Waals surface area contributed by atoms with Crippen LogP contribution in [0, 0.1) is 12.8 Å². The standard InChI is InChI=1S/C14H22ClNO/c1-11(10-17)4-3-7-16-9-13-6-5-12(2)14(15)8-13/h5-6,8,11,16-17H,3-4,7,9-10H2,1-2H3. The number of nitrogens with one attached hydrogen (secondary N) is 1. The lowest BCUT2D eigenvalue weighted by Crippen LogP contribution is -2.16. The topological polar surface area (TPSA) is 32.3 Å². The van der Waals surface area contributed by atoms with Crippen molar-refractivity contribution in [2.24, 2.45) is 5.92 Å². The van der Waals surface area contributed by atoms with E-state index in [4.69, 9.17) is 16.7 Å². The lowest BCUT2D eigenvalue weighted by Gasteiger charge is -2.09. The van der Waals surface area contributed by atoms with Crippen LogP contribution < -0.4 is 5.32 Å². The van der Waals surface area contributed by atoms with Crippen LogP contribution in [0.15, 0.2) is 18.2 Å². The van der Waals surface area contributed by atoms with E-state index in [9.17, 15) is 0 Å². The zero-order valence-electron chi connectivity index (χ0n) is 10.7. The number of rotatable bonds is 7. The third-order valence-corrected chi connectivity index (χ3v) is 3.33. The summed E-state index contributed by atoms with van der Waals surface area (Å²) < 4.78 is 0. The molecule has 96 valence electrons. The van der Waals surface area contributed by atoms with Crippen molar-refractivity contribution in [2.45, 2.75) is 33.2 Å². The summed E-state index contributed by atoms with van der Waals surface area (Å²) >= 11 is 6.06. The second kappa shape index (κ2) is 7.70. The molecule has 0 bridgehead atoms. The van der Waals surface area contributed by atoms with Crippen molar-refractivity contribution < 1.29 is 5.11 Å². The second-order valence-electron chi connectivity index (χ2n) is 4.69. The minimum absolute atomic E-state index is 0.285. The molecule has 0 saturated carbocycles. The molecule has 1 aromatic rings. The molecule has 0 aromatic heterocycles. The van der Waals surface area contributed by atoms with Crippen LogP contribution in [0.25, 0.3) is 0 Å². The number of hydrogen-bond donors (Lipinski definition) is 2. The van der Waals surface area contributed by atoms with E-state index < -0.39 is 0 Å². The highest BCUT2D eigenvalue weighted by Crippen LogP contribution is 2.16. The van der Waals surface area contributed by atoms with Gasteiger partial charge >= 0.3 is 0 Å². The number of hydrogen-bond acceptors (Lipinski definition) is 2. The molecule has 0 spiro atoms. The fourth-order valence-corrected chi connectivity index (χ4v) is 1.85. The number of aliphatic hydroxyl groups is 1. The minimum atomic E-state index is 0.285. The van der Waals surface area contributed by atoms with Crippen LogP contribution in [0.3, 0.4) is 0 Å². The van der Waals surface area contributed by atoms with Gasteiger partial charge in [-0.25, -0.2) is 0 Å². The highest BCUT2D eigenvalue weighted by atomic mass is 35.5. The van der Waals surface area contributed by atoms with Gasteiger partial charge in [0.1, 0.15) is 0 Å². The number of aliphatic hydroxyl groups excluding tert-OH is 1. The fourth-order valence-electron chi connectivity index (χ4n) is 1.65. The number of aryl methyl sites for hydroxylation is 1. The van der Waals surface area contributed by atoms with E-state index in [1.165, 1.54) is 5.56 Å². The molecule has 0 radical (unpaired) electrons. The van der Waals surface area contributed by atoms with Crippen LogP contribution in [0.1, 0.15) is 30.9 Å². The van der Waals surface area contributed by atoms with Crippen molar-refractivity contribution in [3.63, 3.8) is 0 Å². The van der Waals surface area contributed by atoms with Crippen molar-refractivity contribution in [1.82, 2.24) is 5.32 Å². The van der Waals surface area contributed by atoms with Gasteiger partial charge < -0.3 is 10.4 Å². The predicted molar refractivity (Wildman–Crippen MR) is 73.4 cm³/mol. The highest BCUT2D eigenvalue weighted by Gasteiger charge is 2.00. The molecule has 0 saturated heterocycles. The van der Waals surface area contributed by atoms with Crippen LogP contribution >= 0.6 is 11.6 Å². The first-order chi connectivity index (χ1) is 8.13. The Kier molecular flexibility index (Phi) is 6.56. The first-order valence-electron chi connectivity index (χ1n) is 6.20. The Hall–Kier alpha value is -0.570. The summed E-state index contributed by atoms with van der Waals surface area (Å²) in [6.45, 7) is 6.20. The summed E-state index contributed by atoms with van der Waals surface area (Å²) in [6.07, 6.45) is 2.17. The van der Waals surface area contributed by atoms with Crippen LogP contribution in [0.5, 0.6) is 0 Å². The Labute approximate surface area is 109 Å². The van der Waals surface area contributed by atoms with Gasteiger partial charge in [0.05, 0.1) is 0 Å². The molecule has 1 unspecified atom stereocenters. The zero-order chi connectivity index (χ0) is 12.7. The molecule has 0 fully saturated rings. The monoisotopic (exact) mass is 255 g/mol. The molecule has 1 aromatic carbocycles. The van der Waals surface area contributed by atoms with Gasteiger partial charge in [-0.05, 0) is 49.4 Å². The Bertz CT molecular complexity index is 341. The summed E-state index contributed by atoms with van der Waals surface area (Å²) in [5.41, 5.74) is 2.34. The van der Waals surface area contributed by atoms with Crippen molar-refractivity contribution in [1.29, 1.82) is 0 Å². The van der Waals surface area contributed by atoms with Gasteiger partial charge in [-0.15, -0.1) is 0 Å². The SMILES string of the molecule is Cc1ccc(CNCCCC(C)CO)cc1Cl. The molecule has 0 aliphatic rings. The largest absolute Gasteiger partial charge is 0.396 e. The first kappa shape index (κ1) is 14.5. The summed E-state index contributed by atoms with van der Waals surface area (Å²) in [6, 6.07) is 6.16. The van der Waals surface area contributed by atoms with Crippen molar-refractivity contribution in [2.75, 3.05) is 13.2 Å². The number of halogens is 1. The highest BCUT2D eigenvalue weighted by molar-refractivity contribution is 6.31. The maximum absolute atomic E-state index is 8.89. The van der Waals surface area contributed by atoms with Crippen LogP contribution in [-0.4, -0.2) is 18.3 Å². The molecule has 0 amide bonds. The summed E-state index contributed by atoms with van der Waals surface area (Å²) in [5.74, 6) is 0.408. The van der Waals surface area contributed by atoms with Gasteiger partial charge in [-0.1, -0.05) is 30.7 Å². The predicted octanol–water partition coefficient (Wildman–Crippen LogP) is 3.15. The average molecular weight is 256 g/mol. The maximum atomic E-state index is 8.89. The summed E-state index contributed by atoms with van der Waals surface area (Å²) in [7, 11) is 0. The Morgan fingerprint density at radius 1 is 1.41 bits per heavy atom. The van der Waals surface area contributed by atoms with E-state index in [0.29, 0.717) is 5.92 Å². The number of benzene rings is 1. The Balaban J connectivity index is 2.20. The smallest absolute Gasteiger partial charge is 0.0456 e. The molecule has 3 heteroatoms. The molecule has 0 aliphatic carbocycles. The van der Waals surface area contributed by atoms with Crippen LogP contribution in [0.4, 0.5) is 0 Å². The van der Waals surface area contributed by atoms with Crippen LogP contribution in [0.2, 0.25) is 5.02 Å². The third kappa shape index (κ3) is 5.53. The van der Waals surface area contributed by atoms with Gasteiger partial charge in [-0.2, -0.15) is 0 Å². The molecule has 2 nitrogen and oxygen atoms in total. The van der Waals surface area contributed by atoms with Crippen molar-refractivity contribution in [3.8, 4) is 0 Å². The van der Waals surface area contributed by atoms with Crippen LogP contribution in [-0.2, 0) is 6.54 Å². The van der Waals surface area contributed by atoms with Gasteiger partial charge in [0.25, 0.3) is 0 Å². The lowest BCUT2D eigenvalue weighted by atomic mass is 10.1. The quantitative estimate of drug-likeness (QED) is 0.734. The van der Waals surface area contributed by atoms with E-state index in [0.717, 1.165) is 36.5 Å². The van der Waals surface area contributed by atoms with E-state index in [-0.39, 0.29) is 6.61 Å². The summed E-state index contributed by atoms with van der Waals surface area (Å²) in [5, 5.41) is 13.1. The fraction of sp³-hybridized carbons (Fsp3) is 0.571. The molecule has 0 heterocycles.